The molecule has 0 saturated carbocycles. The lowest BCUT2D eigenvalue weighted by molar-refractivity contribution is -0.149. The molecule has 1 atom stereocenters. The van der Waals surface area contributed by atoms with E-state index in [4.69, 9.17) is 9.84 Å². The van der Waals surface area contributed by atoms with Crippen molar-refractivity contribution in [2.45, 2.75) is 110 Å². The van der Waals surface area contributed by atoms with Gasteiger partial charge in [-0.2, -0.15) is 0 Å². The standard InChI is InChI=1S/C27H44O4/c1-3-5-6-7-8-9-10-11-12-13-14-16-19-22-25(31-27(30)4-2)23-20-17-15-18-21-24-26(28)29/h5-6,8-9,11-12,14,16,25H,3-4,7,10,13,15,17-24H2,1-2H3,(H,28,29)/b6-5-,9-8-,12-11-,16-14-. The molecule has 4 heteroatoms. The highest BCUT2D eigenvalue weighted by molar-refractivity contribution is 5.69. The Morgan fingerprint density at radius 1 is 0.742 bits per heavy atom. The van der Waals surface area contributed by atoms with Gasteiger partial charge in [0.25, 0.3) is 0 Å². The van der Waals surface area contributed by atoms with E-state index in [0.717, 1.165) is 77.0 Å². The molecule has 31 heavy (non-hydrogen) atoms. The minimum atomic E-state index is -0.720. The molecular weight excluding hydrogens is 388 g/mol. The fourth-order valence-corrected chi connectivity index (χ4v) is 3.09. The molecule has 0 saturated heterocycles. The van der Waals surface area contributed by atoms with Gasteiger partial charge < -0.3 is 9.84 Å². The molecule has 0 aliphatic carbocycles. The topological polar surface area (TPSA) is 63.6 Å². The molecule has 0 bridgehead atoms. The van der Waals surface area contributed by atoms with Gasteiger partial charge in [0, 0.05) is 12.8 Å². The number of carboxylic acid groups (broad SMARTS) is 1. The van der Waals surface area contributed by atoms with Crippen LogP contribution in [0.4, 0.5) is 0 Å². The second-order valence-corrected chi connectivity index (χ2v) is 7.74. The van der Waals surface area contributed by atoms with Crippen molar-refractivity contribution < 1.29 is 19.4 Å². The van der Waals surface area contributed by atoms with Crippen LogP contribution in [-0.2, 0) is 14.3 Å². The van der Waals surface area contributed by atoms with E-state index in [1.54, 1.807) is 0 Å². The summed E-state index contributed by atoms with van der Waals surface area (Å²) in [5.41, 5.74) is 0. The van der Waals surface area contributed by atoms with Crippen molar-refractivity contribution in [1.82, 2.24) is 0 Å². The first-order valence-electron chi connectivity index (χ1n) is 12.1. The first-order valence-corrected chi connectivity index (χ1v) is 12.1. The predicted molar refractivity (Wildman–Crippen MR) is 130 cm³/mol. The summed E-state index contributed by atoms with van der Waals surface area (Å²) in [6.07, 6.45) is 29.6. The molecule has 0 aliphatic heterocycles. The van der Waals surface area contributed by atoms with E-state index in [1.807, 2.05) is 6.92 Å². The van der Waals surface area contributed by atoms with Gasteiger partial charge in [-0.3, -0.25) is 9.59 Å². The summed E-state index contributed by atoms with van der Waals surface area (Å²) in [5, 5.41) is 8.65. The van der Waals surface area contributed by atoms with Crippen LogP contribution in [0.2, 0.25) is 0 Å². The van der Waals surface area contributed by atoms with Crippen molar-refractivity contribution >= 4 is 11.9 Å². The number of hydrogen-bond donors (Lipinski definition) is 1. The second-order valence-electron chi connectivity index (χ2n) is 7.74. The van der Waals surface area contributed by atoms with Crippen molar-refractivity contribution in [3.05, 3.63) is 48.6 Å². The zero-order valence-electron chi connectivity index (χ0n) is 19.8. The zero-order chi connectivity index (χ0) is 23.0. The third-order valence-electron chi connectivity index (χ3n) is 4.88. The highest BCUT2D eigenvalue weighted by Gasteiger charge is 2.12. The van der Waals surface area contributed by atoms with E-state index in [0.29, 0.717) is 6.42 Å². The van der Waals surface area contributed by atoms with Crippen LogP contribution >= 0.6 is 0 Å². The van der Waals surface area contributed by atoms with Crippen molar-refractivity contribution in [3.63, 3.8) is 0 Å². The number of carbonyl (C=O) groups is 2. The Bertz CT molecular complexity index is 558. The molecule has 0 fully saturated rings. The Hall–Kier alpha value is -2.10. The highest BCUT2D eigenvalue weighted by atomic mass is 16.5. The quantitative estimate of drug-likeness (QED) is 0.122. The summed E-state index contributed by atoms with van der Waals surface area (Å²) in [4.78, 5) is 22.2. The lowest BCUT2D eigenvalue weighted by Crippen LogP contribution is -2.17. The summed E-state index contributed by atoms with van der Waals surface area (Å²) in [6, 6.07) is 0. The Labute approximate surface area is 190 Å². The maximum atomic E-state index is 11.7. The molecule has 0 aromatic rings. The van der Waals surface area contributed by atoms with Crippen LogP contribution in [0.25, 0.3) is 0 Å². The van der Waals surface area contributed by atoms with Gasteiger partial charge in [-0.15, -0.1) is 0 Å². The average Bonchev–Trinajstić information content (AvgIpc) is 2.75. The summed E-state index contributed by atoms with van der Waals surface area (Å²) >= 11 is 0. The predicted octanol–water partition coefficient (Wildman–Crippen LogP) is 7.71. The summed E-state index contributed by atoms with van der Waals surface area (Å²) in [5.74, 6) is -0.848. The van der Waals surface area contributed by atoms with Crippen molar-refractivity contribution in [2.75, 3.05) is 0 Å². The lowest BCUT2D eigenvalue weighted by atomic mass is 10.0. The average molecular weight is 433 g/mol. The van der Waals surface area contributed by atoms with Crippen LogP contribution in [-0.4, -0.2) is 23.1 Å². The number of rotatable bonds is 20. The van der Waals surface area contributed by atoms with Gasteiger partial charge in [-0.05, 0) is 57.8 Å². The summed E-state index contributed by atoms with van der Waals surface area (Å²) in [7, 11) is 0. The van der Waals surface area contributed by atoms with E-state index < -0.39 is 5.97 Å². The molecule has 0 aliphatic rings. The van der Waals surface area contributed by atoms with E-state index in [9.17, 15) is 9.59 Å². The van der Waals surface area contributed by atoms with Gasteiger partial charge in [0.05, 0.1) is 0 Å². The van der Waals surface area contributed by atoms with Gasteiger partial charge in [-0.25, -0.2) is 0 Å². The number of unbranched alkanes of at least 4 members (excludes halogenated alkanes) is 4. The van der Waals surface area contributed by atoms with E-state index in [-0.39, 0.29) is 18.5 Å². The molecule has 1 N–H and O–H groups in total. The van der Waals surface area contributed by atoms with Gasteiger partial charge in [0.2, 0.25) is 0 Å². The molecule has 0 rings (SSSR count). The smallest absolute Gasteiger partial charge is 0.305 e. The van der Waals surface area contributed by atoms with Gasteiger partial charge in [-0.1, -0.05) is 81.7 Å². The van der Waals surface area contributed by atoms with Crippen LogP contribution in [0.5, 0.6) is 0 Å². The number of esters is 1. The van der Waals surface area contributed by atoms with E-state index in [1.165, 1.54) is 0 Å². The minimum Gasteiger partial charge on any atom is -0.481 e. The van der Waals surface area contributed by atoms with Gasteiger partial charge in [0.15, 0.2) is 0 Å². The van der Waals surface area contributed by atoms with Gasteiger partial charge >= 0.3 is 11.9 Å². The Morgan fingerprint density at radius 2 is 1.29 bits per heavy atom. The molecule has 0 aromatic carbocycles. The molecular formula is C27H44O4. The van der Waals surface area contributed by atoms with Crippen molar-refractivity contribution in [2.24, 2.45) is 0 Å². The number of carbonyl (C=O) groups excluding carboxylic acids is 1. The van der Waals surface area contributed by atoms with Crippen molar-refractivity contribution in [3.8, 4) is 0 Å². The van der Waals surface area contributed by atoms with Crippen LogP contribution < -0.4 is 0 Å². The fourth-order valence-electron chi connectivity index (χ4n) is 3.09. The monoisotopic (exact) mass is 432 g/mol. The highest BCUT2D eigenvalue weighted by Crippen LogP contribution is 2.15. The minimum absolute atomic E-state index is 0.0152. The molecule has 0 aromatic heterocycles. The molecule has 176 valence electrons. The molecule has 4 nitrogen and oxygen atoms in total. The normalized spacial score (nSPS) is 13.1. The first kappa shape index (κ1) is 28.9. The van der Waals surface area contributed by atoms with E-state index >= 15 is 0 Å². The third kappa shape index (κ3) is 22.4. The van der Waals surface area contributed by atoms with Crippen LogP contribution in [0.1, 0.15) is 104 Å². The first-order chi connectivity index (χ1) is 15.1. The maximum Gasteiger partial charge on any atom is 0.305 e. The largest absolute Gasteiger partial charge is 0.481 e. The third-order valence-corrected chi connectivity index (χ3v) is 4.88. The summed E-state index contributed by atoms with van der Waals surface area (Å²) < 4.78 is 5.59. The summed E-state index contributed by atoms with van der Waals surface area (Å²) in [6.45, 7) is 3.97. The van der Waals surface area contributed by atoms with Crippen LogP contribution in [0.3, 0.4) is 0 Å². The molecule has 1 unspecified atom stereocenters. The zero-order valence-corrected chi connectivity index (χ0v) is 19.8. The number of ether oxygens (including phenoxy) is 1. The van der Waals surface area contributed by atoms with Crippen LogP contribution in [0.15, 0.2) is 48.6 Å². The number of aliphatic carboxylic acids is 1. The SMILES string of the molecule is CC/C=C\C/C=C\C/C=C\C/C=C\CCC(CCCCCCCC(=O)O)OC(=O)CC. The van der Waals surface area contributed by atoms with Crippen LogP contribution in [0, 0.1) is 0 Å². The Morgan fingerprint density at radius 3 is 1.87 bits per heavy atom. The number of carboxylic acids is 1. The fraction of sp³-hybridized carbons (Fsp3) is 0.630. The molecule has 0 spiro atoms. The molecule has 0 heterocycles. The Kier molecular flexibility index (Phi) is 21.1. The molecule has 0 amide bonds. The Balaban J connectivity index is 3.97. The molecule has 0 radical (unpaired) electrons. The maximum absolute atomic E-state index is 11.7. The van der Waals surface area contributed by atoms with Gasteiger partial charge in [0.1, 0.15) is 6.10 Å². The van der Waals surface area contributed by atoms with Crippen molar-refractivity contribution in [1.29, 1.82) is 0 Å². The van der Waals surface area contributed by atoms with E-state index in [2.05, 4.69) is 55.5 Å². The number of allylic oxidation sites excluding steroid dienone is 8. The number of hydrogen-bond acceptors (Lipinski definition) is 3. The lowest BCUT2D eigenvalue weighted by Gasteiger charge is -2.17. The second kappa shape index (κ2) is 22.6.